The van der Waals surface area contributed by atoms with Crippen LogP contribution in [0.1, 0.15) is 0 Å². The molecule has 5 nitrogen and oxygen atoms in total. The topological polar surface area (TPSA) is 56.5 Å². The number of para-hydroxylation sites is 1. The van der Waals surface area contributed by atoms with Crippen molar-refractivity contribution in [2.75, 3.05) is 11.1 Å². The molecule has 0 saturated heterocycles. The number of nitrogens with zero attached hydrogens (tertiary/aromatic N) is 5. The predicted molar refractivity (Wildman–Crippen MR) is 86.9 cm³/mol. The summed E-state index contributed by atoms with van der Waals surface area (Å²) in [5.74, 6) is 1.62. The summed E-state index contributed by atoms with van der Waals surface area (Å²) in [7, 11) is 0. The van der Waals surface area contributed by atoms with Crippen molar-refractivity contribution in [2.24, 2.45) is 0 Å². The van der Waals surface area contributed by atoms with Gasteiger partial charge in [0.1, 0.15) is 5.69 Å². The Balaban J connectivity index is 2.11. The smallest absolute Gasteiger partial charge is 0.196 e. The lowest BCUT2D eigenvalue weighted by Crippen LogP contribution is -2.01. The van der Waals surface area contributed by atoms with Crippen LogP contribution in [0.3, 0.4) is 0 Å². The molecule has 0 N–H and O–H groups in total. The van der Waals surface area contributed by atoms with E-state index in [1.165, 1.54) is 0 Å². The normalized spacial score (nSPS) is 10.7. The van der Waals surface area contributed by atoms with Crippen LogP contribution in [-0.2, 0) is 0 Å². The summed E-state index contributed by atoms with van der Waals surface area (Å²) in [4.78, 5) is 8.43. The fourth-order valence-corrected chi connectivity index (χ4v) is 3.05. The van der Waals surface area contributed by atoms with E-state index in [0.29, 0.717) is 11.5 Å². The second kappa shape index (κ2) is 6.82. The van der Waals surface area contributed by atoms with Crippen molar-refractivity contribution >= 4 is 27.7 Å². The van der Waals surface area contributed by atoms with Crippen molar-refractivity contribution in [3.63, 3.8) is 0 Å². The van der Waals surface area contributed by atoms with Gasteiger partial charge in [0, 0.05) is 29.2 Å². The zero-order chi connectivity index (χ0) is 14.5. The number of alkyl halides is 1. The Bertz CT molecular complexity index is 702. The highest BCUT2D eigenvalue weighted by Gasteiger charge is 2.16. The Morgan fingerprint density at radius 3 is 2.67 bits per heavy atom. The fourth-order valence-electron chi connectivity index (χ4n) is 1.88. The third-order valence-corrected chi connectivity index (χ3v) is 4.60. The lowest BCUT2D eigenvalue weighted by atomic mass is 10.3. The minimum Gasteiger partial charge on any atom is -0.269 e. The van der Waals surface area contributed by atoms with E-state index in [4.69, 9.17) is 0 Å². The van der Waals surface area contributed by atoms with Gasteiger partial charge in [-0.2, -0.15) is 0 Å². The average molecular weight is 362 g/mol. The van der Waals surface area contributed by atoms with E-state index in [2.05, 4.69) is 36.1 Å². The highest BCUT2D eigenvalue weighted by atomic mass is 79.9. The number of aromatic nitrogens is 5. The highest BCUT2D eigenvalue weighted by molar-refractivity contribution is 9.09. The summed E-state index contributed by atoms with van der Waals surface area (Å²) in [5, 5.41) is 10.3. The molecule has 106 valence electrons. The molecule has 0 aliphatic rings. The van der Waals surface area contributed by atoms with E-state index in [9.17, 15) is 0 Å². The molecule has 2 heterocycles. The predicted octanol–water partition coefficient (Wildman–Crippen LogP) is 3.21. The summed E-state index contributed by atoms with van der Waals surface area (Å²) in [6, 6.07) is 10.0. The van der Waals surface area contributed by atoms with Crippen LogP contribution in [0.5, 0.6) is 0 Å². The monoisotopic (exact) mass is 361 g/mol. The molecule has 7 heteroatoms. The molecule has 0 saturated carbocycles. The van der Waals surface area contributed by atoms with Crippen molar-refractivity contribution in [1.29, 1.82) is 0 Å². The van der Waals surface area contributed by atoms with Crippen LogP contribution < -0.4 is 0 Å². The molecule has 1 aromatic carbocycles. The second-order valence-corrected chi connectivity index (χ2v) is 5.96. The Morgan fingerprint density at radius 1 is 1.10 bits per heavy atom. The van der Waals surface area contributed by atoms with E-state index >= 15 is 0 Å². The lowest BCUT2D eigenvalue weighted by Gasteiger charge is -2.09. The quantitative estimate of drug-likeness (QED) is 0.515. The Morgan fingerprint density at radius 2 is 1.95 bits per heavy atom. The van der Waals surface area contributed by atoms with Gasteiger partial charge in [0.05, 0.1) is 6.20 Å². The van der Waals surface area contributed by atoms with Crippen LogP contribution in [0.15, 0.2) is 54.1 Å². The molecular formula is C14H12BrN5S. The first-order valence-corrected chi connectivity index (χ1v) is 8.47. The number of rotatable bonds is 5. The first-order chi connectivity index (χ1) is 10.4. The molecule has 0 atom stereocenters. The largest absolute Gasteiger partial charge is 0.269 e. The molecule has 0 bridgehead atoms. The molecule has 0 aliphatic carbocycles. The number of benzene rings is 1. The van der Waals surface area contributed by atoms with E-state index in [0.717, 1.165) is 21.9 Å². The third-order valence-electron chi connectivity index (χ3n) is 2.75. The molecule has 3 aromatic rings. The van der Waals surface area contributed by atoms with Crippen LogP contribution >= 0.6 is 27.7 Å². The first-order valence-electron chi connectivity index (χ1n) is 6.36. The fraction of sp³-hybridized carbons (Fsp3) is 0.143. The maximum absolute atomic E-state index is 4.32. The van der Waals surface area contributed by atoms with Gasteiger partial charge in [0.2, 0.25) is 0 Å². The minimum absolute atomic E-state index is 0.700. The second-order valence-electron chi connectivity index (χ2n) is 4.11. The molecule has 2 aromatic heterocycles. The number of hydrogen-bond acceptors (Lipinski definition) is 5. The van der Waals surface area contributed by atoms with Gasteiger partial charge >= 0.3 is 0 Å². The van der Waals surface area contributed by atoms with Crippen molar-refractivity contribution in [3.8, 4) is 17.2 Å². The standard InChI is InChI=1S/C14H12BrN5S/c15-6-9-21-14-19-18-13(12-10-16-7-8-17-12)20(14)11-4-2-1-3-5-11/h1-5,7-8,10H,6,9H2. The van der Waals surface area contributed by atoms with E-state index < -0.39 is 0 Å². The van der Waals surface area contributed by atoms with Gasteiger partial charge in [-0.1, -0.05) is 45.9 Å². The number of halogens is 1. The van der Waals surface area contributed by atoms with E-state index in [1.807, 2.05) is 34.9 Å². The molecule has 0 fully saturated rings. The summed E-state index contributed by atoms with van der Waals surface area (Å²) >= 11 is 5.09. The number of hydrogen-bond donors (Lipinski definition) is 0. The maximum Gasteiger partial charge on any atom is 0.196 e. The molecule has 3 rings (SSSR count). The average Bonchev–Trinajstić information content (AvgIpc) is 2.98. The number of thioether (sulfide) groups is 1. The zero-order valence-corrected chi connectivity index (χ0v) is 13.5. The van der Waals surface area contributed by atoms with Gasteiger partial charge in [0.15, 0.2) is 11.0 Å². The summed E-state index contributed by atoms with van der Waals surface area (Å²) in [5.41, 5.74) is 1.72. The Labute approximate surface area is 135 Å². The molecule has 0 aliphatic heterocycles. The van der Waals surface area contributed by atoms with Crippen LogP contribution in [0.25, 0.3) is 17.2 Å². The van der Waals surface area contributed by atoms with Crippen LogP contribution in [0, 0.1) is 0 Å². The highest BCUT2D eigenvalue weighted by Crippen LogP contribution is 2.26. The Kier molecular flexibility index (Phi) is 4.62. The third kappa shape index (κ3) is 3.14. The van der Waals surface area contributed by atoms with Gasteiger partial charge in [-0.05, 0) is 12.1 Å². The van der Waals surface area contributed by atoms with Gasteiger partial charge in [-0.25, -0.2) is 4.98 Å². The van der Waals surface area contributed by atoms with Gasteiger partial charge < -0.3 is 0 Å². The zero-order valence-electron chi connectivity index (χ0n) is 11.1. The van der Waals surface area contributed by atoms with Crippen molar-refractivity contribution in [1.82, 2.24) is 24.7 Å². The van der Waals surface area contributed by atoms with Crippen LogP contribution in [0.2, 0.25) is 0 Å². The van der Waals surface area contributed by atoms with Crippen LogP contribution in [0.4, 0.5) is 0 Å². The SMILES string of the molecule is BrCCSc1nnc(-c2cnccn2)n1-c1ccccc1. The molecule has 21 heavy (non-hydrogen) atoms. The van der Waals surface area contributed by atoms with E-state index in [1.54, 1.807) is 30.4 Å². The Hall–Kier alpha value is -1.73. The maximum atomic E-state index is 4.32. The van der Waals surface area contributed by atoms with Gasteiger partial charge in [-0.15, -0.1) is 10.2 Å². The van der Waals surface area contributed by atoms with Crippen LogP contribution in [-0.4, -0.2) is 35.8 Å². The lowest BCUT2D eigenvalue weighted by molar-refractivity contribution is 0.885. The van der Waals surface area contributed by atoms with Crippen molar-refractivity contribution in [3.05, 3.63) is 48.9 Å². The summed E-state index contributed by atoms with van der Waals surface area (Å²) < 4.78 is 2.01. The molecular weight excluding hydrogens is 350 g/mol. The first kappa shape index (κ1) is 14.2. The summed E-state index contributed by atoms with van der Waals surface area (Å²) in [6.45, 7) is 0. The molecule has 0 unspecified atom stereocenters. The molecule has 0 radical (unpaired) electrons. The van der Waals surface area contributed by atoms with Crippen molar-refractivity contribution < 1.29 is 0 Å². The molecule has 0 amide bonds. The van der Waals surface area contributed by atoms with Crippen molar-refractivity contribution in [2.45, 2.75) is 5.16 Å². The molecule has 0 spiro atoms. The summed E-state index contributed by atoms with van der Waals surface area (Å²) in [6.07, 6.45) is 5.00. The van der Waals surface area contributed by atoms with E-state index in [-0.39, 0.29) is 0 Å². The van der Waals surface area contributed by atoms with Gasteiger partial charge in [0.25, 0.3) is 0 Å². The minimum atomic E-state index is 0.700. The van der Waals surface area contributed by atoms with Gasteiger partial charge in [-0.3, -0.25) is 9.55 Å².